The molecule has 0 aliphatic heterocycles. The Bertz CT molecular complexity index is 810. The minimum absolute atomic E-state index is 0.0323. The van der Waals surface area contributed by atoms with E-state index in [4.69, 9.17) is 10.5 Å². The monoisotopic (exact) mass is 325 g/mol. The van der Waals surface area contributed by atoms with E-state index in [2.05, 4.69) is 5.10 Å². The van der Waals surface area contributed by atoms with Gasteiger partial charge in [-0.25, -0.2) is 4.39 Å². The van der Waals surface area contributed by atoms with Crippen molar-refractivity contribution in [1.29, 1.82) is 0 Å². The average molecular weight is 325 g/mol. The highest BCUT2D eigenvalue weighted by molar-refractivity contribution is 5.61. The summed E-state index contributed by atoms with van der Waals surface area (Å²) < 4.78 is 20.2. The third-order valence-electron chi connectivity index (χ3n) is 4.17. The number of methoxy groups -OCH3 is 1. The van der Waals surface area contributed by atoms with E-state index in [-0.39, 0.29) is 11.7 Å². The van der Waals surface area contributed by atoms with Gasteiger partial charge in [-0.1, -0.05) is 12.1 Å². The molecular formula is C19H20FN3O. The van der Waals surface area contributed by atoms with Crippen LogP contribution in [0.2, 0.25) is 0 Å². The average Bonchev–Trinajstić information content (AvgIpc) is 2.99. The lowest BCUT2D eigenvalue weighted by molar-refractivity contribution is 0.415. The molecule has 0 amide bonds. The second-order valence-corrected chi connectivity index (χ2v) is 5.65. The van der Waals surface area contributed by atoms with Crippen LogP contribution >= 0.6 is 0 Å². The van der Waals surface area contributed by atoms with E-state index in [0.717, 1.165) is 28.3 Å². The normalized spacial score (nSPS) is 12.2. The Morgan fingerprint density at radius 1 is 1.12 bits per heavy atom. The third-order valence-corrected chi connectivity index (χ3v) is 4.17. The zero-order valence-electron chi connectivity index (χ0n) is 13.7. The summed E-state index contributed by atoms with van der Waals surface area (Å²) in [7, 11) is 3.54. The molecule has 124 valence electrons. The van der Waals surface area contributed by atoms with Gasteiger partial charge in [0.1, 0.15) is 11.6 Å². The summed E-state index contributed by atoms with van der Waals surface area (Å²) in [6.07, 6.45) is 0. The number of benzene rings is 2. The van der Waals surface area contributed by atoms with Crippen molar-refractivity contribution in [3.63, 3.8) is 0 Å². The summed E-state index contributed by atoms with van der Waals surface area (Å²) in [6, 6.07) is 16.2. The maximum atomic E-state index is 13.2. The van der Waals surface area contributed by atoms with Gasteiger partial charge < -0.3 is 10.5 Å². The number of hydrogen-bond acceptors (Lipinski definition) is 3. The van der Waals surface area contributed by atoms with E-state index < -0.39 is 0 Å². The first-order valence-corrected chi connectivity index (χ1v) is 7.76. The minimum atomic E-state index is -0.251. The van der Waals surface area contributed by atoms with Crippen LogP contribution in [0.3, 0.4) is 0 Å². The van der Waals surface area contributed by atoms with Crippen molar-refractivity contribution in [2.75, 3.05) is 13.7 Å². The van der Waals surface area contributed by atoms with Crippen LogP contribution in [-0.4, -0.2) is 23.4 Å². The molecule has 5 heteroatoms. The highest BCUT2D eigenvalue weighted by Gasteiger charge is 2.18. The van der Waals surface area contributed by atoms with Gasteiger partial charge in [0.2, 0.25) is 0 Å². The Labute approximate surface area is 140 Å². The lowest BCUT2D eigenvalue weighted by atomic mass is 9.95. The lowest BCUT2D eigenvalue weighted by Gasteiger charge is -2.15. The summed E-state index contributed by atoms with van der Waals surface area (Å²) in [5, 5.41) is 4.59. The predicted octanol–water partition coefficient (Wildman–Crippen LogP) is 3.33. The van der Waals surface area contributed by atoms with Crippen LogP contribution in [-0.2, 0) is 7.05 Å². The molecule has 24 heavy (non-hydrogen) atoms. The van der Waals surface area contributed by atoms with Gasteiger partial charge in [0.15, 0.2) is 0 Å². The Morgan fingerprint density at radius 2 is 1.79 bits per heavy atom. The number of halogens is 1. The second-order valence-electron chi connectivity index (χ2n) is 5.65. The van der Waals surface area contributed by atoms with E-state index in [9.17, 15) is 4.39 Å². The molecule has 2 aromatic carbocycles. The molecule has 0 bridgehead atoms. The molecule has 0 spiro atoms. The Morgan fingerprint density at radius 3 is 2.38 bits per heavy atom. The fourth-order valence-corrected chi connectivity index (χ4v) is 2.83. The highest BCUT2D eigenvalue weighted by Crippen LogP contribution is 2.28. The Kier molecular flexibility index (Phi) is 4.62. The number of rotatable bonds is 5. The lowest BCUT2D eigenvalue weighted by Crippen LogP contribution is -2.17. The Hall–Kier alpha value is -2.66. The van der Waals surface area contributed by atoms with Gasteiger partial charge >= 0.3 is 0 Å². The summed E-state index contributed by atoms with van der Waals surface area (Å²) in [6.45, 7) is 0.424. The topological polar surface area (TPSA) is 53.1 Å². The fraction of sp³-hybridized carbons (Fsp3) is 0.211. The zero-order chi connectivity index (χ0) is 17.1. The second kappa shape index (κ2) is 6.84. The van der Waals surface area contributed by atoms with Crippen LogP contribution < -0.4 is 10.5 Å². The first-order chi connectivity index (χ1) is 11.6. The van der Waals surface area contributed by atoms with Crippen molar-refractivity contribution in [3.05, 3.63) is 71.7 Å². The molecule has 3 aromatic rings. The Balaban J connectivity index is 1.95. The van der Waals surface area contributed by atoms with Gasteiger partial charge in [0, 0.05) is 30.8 Å². The molecule has 3 rings (SSSR count). The largest absolute Gasteiger partial charge is 0.497 e. The smallest absolute Gasteiger partial charge is 0.123 e. The van der Waals surface area contributed by atoms with E-state index in [0.29, 0.717) is 6.54 Å². The third kappa shape index (κ3) is 3.16. The van der Waals surface area contributed by atoms with Crippen molar-refractivity contribution < 1.29 is 9.13 Å². The van der Waals surface area contributed by atoms with Gasteiger partial charge in [-0.15, -0.1) is 0 Å². The van der Waals surface area contributed by atoms with Crippen LogP contribution in [0.15, 0.2) is 54.6 Å². The summed E-state index contributed by atoms with van der Waals surface area (Å²) in [4.78, 5) is 0. The van der Waals surface area contributed by atoms with Crippen LogP contribution in [0.5, 0.6) is 5.75 Å². The van der Waals surface area contributed by atoms with Gasteiger partial charge in [-0.05, 0) is 48.0 Å². The number of aromatic nitrogens is 2. The number of hydrogen-bond donors (Lipinski definition) is 1. The maximum Gasteiger partial charge on any atom is 0.123 e. The molecule has 2 N–H and O–H groups in total. The molecule has 1 aromatic heterocycles. The molecule has 0 fully saturated rings. The molecule has 1 unspecified atom stereocenters. The summed E-state index contributed by atoms with van der Waals surface area (Å²) in [5.74, 6) is 0.523. The molecule has 0 saturated heterocycles. The molecule has 0 aliphatic rings. The molecule has 1 atom stereocenters. The van der Waals surface area contributed by atoms with Crippen molar-refractivity contribution in [2.24, 2.45) is 12.8 Å². The van der Waals surface area contributed by atoms with Crippen LogP contribution in [0.25, 0.3) is 11.3 Å². The number of nitrogens with zero attached hydrogens (tertiary/aromatic N) is 2. The highest BCUT2D eigenvalue weighted by atomic mass is 19.1. The van der Waals surface area contributed by atoms with E-state index in [1.807, 2.05) is 42.1 Å². The molecular weight excluding hydrogens is 305 g/mol. The van der Waals surface area contributed by atoms with Gasteiger partial charge in [0.25, 0.3) is 0 Å². The summed E-state index contributed by atoms with van der Waals surface area (Å²) in [5.41, 5.74) is 9.83. The van der Waals surface area contributed by atoms with Crippen molar-refractivity contribution in [1.82, 2.24) is 9.78 Å². The van der Waals surface area contributed by atoms with Crippen molar-refractivity contribution in [3.8, 4) is 17.0 Å². The molecule has 1 heterocycles. The molecule has 0 saturated carbocycles. The fourth-order valence-electron chi connectivity index (χ4n) is 2.83. The quantitative estimate of drug-likeness (QED) is 0.783. The maximum absolute atomic E-state index is 13.2. The summed E-state index contributed by atoms with van der Waals surface area (Å²) >= 11 is 0. The van der Waals surface area contributed by atoms with Crippen molar-refractivity contribution in [2.45, 2.75) is 5.92 Å². The van der Waals surface area contributed by atoms with Crippen LogP contribution in [0.4, 0.5) is 4.39 Å². The number of ether oxygens (including phenoxy) is 1. The molecule has 0 radical (unpaired) electrons. The molecule has 0 aliphatic carbocycles. The van der Waals surface area contributed by atoms with Crippen LogP contribution in [0, 0.1) is 5.82 Å². The first kappa shape index (κ1) is 16.2. The van der Waals surface area contributed by atoms with Crippen LogP contribution in [0.1, 0.15) is 17.2 Å². The number of nitrogens with two attached hydrogens (primary N) is 1. The SMILES string of the molecule is COc1ccc(-c2cc(C(CN)c3ccc(F)cc3)n(C)n2)cc1. The van der Waals surface area contributed by atoms with Gasteiger partial charge in [-0.3, -0.25) is 4.68 Å². The minimum Gasteiger partial charge on any atom is -0.497 e. The predicted molar refractivity (Wildman–Crippen MR) is 92.5 cm³/mol. The van der Waals surface area contributed by atoms with E-state index in [1.165, 1.54) is 12.1 Å². The van der Waals surface area contributed by atoms with E-state index in [1.54, 1.807) is 19.2 Å². The van der Waals surface area contributed by atoms with Gasteiger partial charge in [0.05, 0.1) is 12.8 Å². The number of aryl methyl sites for hydroxylation is 1. The zero-order valence-corrected chi connectivity index (χ0v) is 13.7. The van der Waals surface area contributed by atoms with Crippen molar-refractivity contribution >= 4 is 0 Å². The van der Waals surface area contributed by atoms with E-state index >= 15 is 0 Å². The standard InChI is InChI=1S/C19H20FN3O/c1-23-19(17(12-21)13-3-7-15(20)8-4-13)11-18(22-23)14-5-9-16(24-2)10-6-14/h3-11,17H,12,21H2,1-2H3. The first-order valence-electron chi connectivity index (χ1n) is 7.76. The van der Waals surface area contributed by atoms with Gasteiger partial charge in [-0.2, -0.15) is 5.10 Å². The molecule has 4 nitrogen and oxygen atoms in total.